The molecular weight excluding hydrogens is 762 g/mol. The molecule has 1 aliphatic carbocycles. The van der Waals surface area contributed by atoms with Crippen LogP contribution in [0.15, 0.2) is 103 Å². The zero-order valence-corrected chi connectivity index (χ0v) is 32.9. The van der Waals surface area contributed by atoms with Gasteiger partial charge in [0.2, 0.25) is 23.6 Å². The summed E-state index contributed by atoms with van der Waals surface area (Å²) in [5, 5.41) is 11.7. The molecule has 0 heterocycles. The van der Waals surface area contributed by atoms with E-state index in [1.807, 2.05) is 54.6 Å². The van der Waals surface area contributed by atoms with Crippen molar-refractivity contribution in [3.05, 3.63) is 137 Å². The molecule has 3 atom stereocenters. The predicted molar refractivity (Wildman–Crippen MR) is 219 cm³/mol. The number of rotatable bonds is 21. The third-order valence-electron chi connectivity index (χ3n) is 10.2. The summed E-state index contributed by atoms with van der Waals surface area (Å²) in [7, 11) is 0. The van der Waals surface area contributed by atoms with Gasteiger partial charge in [0.05, 0.1) is 12.0 Å². The van der Waals surface area contributed by atoms with Gasteiger partial charge in [-0.05, 0) is 117 Å². The van der Waals surface area contributed by atoms with Gasteiger partial charge in [0.15, 0.2) is 0 Å². The Kier molecular flexibility index (Phi) is 16.4. The summed E-state index contributed by atoms with van der Waals surface area (Å²) in [6, 6.07) is 24.9. The van der Waals surface area contributed by atoms with E-state index >= 15 is 0 Å². The molecule has 8 N–H and O–H groups in total. The highest BCUT2D eigenvalue weighted by molar-refractivity contribution is 5.95. The van der Waals surface area contributed by atoms with Crippen molar-refractivity contribution >= 4 is 23.6 Å². The van der Waals surface area contributed by atoms with E-state index in [4.69, 9.17) is 16.2 Å². The van der Waals surface area contributed by atoms with Gasteiger partial charge in [0, 0.05) is 6.04 Å². The first kappa shape index (κ1) is 44.4. The van der Waals surface area contributed by atoms with Gasteiger partial charge in [0.25, 0.3) is 0 Å². The number of hydrogen-bond donors (Lipinski definition) is 6. The minimum absolute atomic E-state index is 0.00444. The largest absolute Gasteiger partial charge is 0.489 e. The molecule has 5 rings (SSSR count). The Morgan fingerprint density at radius 1 is 0.644 bits per heavy atom. The molecule has 0 fully saturated rings. The number of nitrogens with one attached hydrogen (secondary N) is 4. The second-order valence-corrected chi connectivity index (χ2v) is 14.8. The third-order valence-corrected chi connectivity index (χ3v) is 10.2. The van der Waals surface area contributed by atoms with Gasteiger partial charge in [-0.3, -0.25) is 19.2 Å². The summed E-state index contributed by atoms with van der Waals surface area (Å²) in [6.45, 7) is 0.797. The molecule has 0 radical (unpaired) electrons. The fourth-order valence-electron chi connectivity index (χ4n) is 7.02. The maximum Gasteiger partial charge on any atom is 0.416 e. The van der Waals surface area contributed by atoms with Gasteiger partial charge in [-0.15, -0.1) is 0 Å². The van der Waals surface area contributed by atoms with Crippen molar-refractivity contribution in [1.29, 1.82) is 0 Å². The highest BCUT2D eigenvalue weighted by atomic mass is 19.4. The van der Waals surface area contributed by atoms with E-state index in [9.17, 15) is 32.3 Å². The van der Waals surface area contributed by atoms with Gasteiger partial charge in [-0.1, -0.05) is 78.9 Å². The number of nitrogens with two attached hydrogens (primary N) is 2. The number of carbonyl (C=O) groups is 4. The third kappa shape index (κ3) is 13.7. The van der Waals surface area contributed by atoms with Gasteiger partial charge in [0.1, 0.15) is 30.5 Å². The van der Waals surface area contributed by atoms with E-state index in [1.54, 1.807) is 24.3 Å². The van der Waals surface area contributed by atoms with Crippen LogP contribution in [-0.4, -0.2) is 54.8 Å². The predicted octanol–water partition coefficient (Wildman–Crippen LogP) is 5.20. The Hall–Kier alpha value is -5.73. The molecule has 0 bridgehead atoms. The lowest BCUT2D eigenvalue weighted by Gasteiger charge is -2.26. The maximum absolute atomic E-state index is 14.2. The molecule has 4 aromatic carbocycles. The molecule has 59 heavy (non-hydrogen) atoms. The smallest absolute Gasteiger partial charge is 0.416 e. The number of fused-ring (bicyclic) bond motifs is 1. The number of halogens is 3. The fourth-order valence-corrected chi connectivity index (χ4v) is 7.02. The van der Waals surface area contributed by atoms with Gasteiger partial charge in [-0.2, -0.15) is 13.2 Å². The van der Waals surface area contributed by atoms with E-state index in [2.05, 4.69) is 21.3 Å². The van der Waals surface area contributed by atoms with E-state index < -0.39 is 47.6 Å². The molecule has 0 aliphatic heterocycles. The molecule has 0 aromatic heterocycles. The van der Waals surface area contributed by atoms with Crippen molar-refractivity contribution in [3.8, 4) is 5.75 Å². The Morgan fingerprint density at radius 3 is 1.78 bits per heavy atom. The first-order valence-corrected chi connectivity index (χ1v) is 20.0. The summed E-state index contributed by atoms with van der Waals surface area (Å²) >= 11 is 0. The molecule has 14 heteroatoms. The van der Waals surface area contributed by atoms with Gasteiger partial charge in [-0.25, -0.2) is 0 Å². The zero-order valence-electron chi connectivity index (χ0n) is 32.9. The summed E-state index contributed by atoms with van der Waals surface area (Å²) in [5.41, 5.74) is 14.8. The molecule has 11 nitrogen and oxygen atoms in total. The van der Waals surface area contributed by atoms with E-state index in [0.717, 1.165) is 28.8 Å². The summed E-state index contributed by atoms with van der Waals surface area (Å²) in [6.07, 6.45) is -0.280. The van der Waals surface area contributed by atoms with Crippen LogP contribution >= 0.6 is 0 Å². The first-order chi connectivity index (χ1) is 28.4. The van der Waals surface area contributed by atoms with Crippen molar-refractivity contribution in [1.82, 2.24) is 21.3 Å². The highest BCUT2D eigenvalue weighted by Gasteiger charge is 2.33. The second-order valence-electron chi connectivity index (χ2n) is 14.8. The molecule has 4 amide bonds. The maximum atomic E-state index is 14.2. The topological polar surface area (TPSA) is 178 Å². The molecule has 1 aliphatic rings. The van der Waals surface area contributed by atoms with Crippen molar-refractivity contribution in [3.63, 3.8) is 0 Å². The Morgan fingerprint density at radius 2 is 1.20 bits per heavy atom. The monoisotopic (exact) mass is 814 g/mol. The van der Waals surface area contributed by atoms with Crippen molar-refractivity contribution in [2.75, 3.05) is 13.1 Å². The molecule has 0 spiro atoms. The molecular formula is C45H53F3N6O5. The Bertz CT molecular complexity index is 1950. The minimum atomic E-state index is -4.45. The Labute approximate surface area is 342 Å². The number of hydrogen-bond acceptors (Lipinski definition) is 7. The second kappa shape index (κ2) is 21.9. The minimum Gasteiger partial charge on any atom is -0.489 e. The number of amides is 4. The number of alkyl halides is 3. The Balaban J connectivity index is 1.32. The SMILES string of the molecule is NCCCC[C@H](NC(=O)Cc1ccccc1)C(=O)N[C@@H](CCCCN)C(=O)N[C@H](C(=O)NC1Cc2ccccc2C1)c1ccc(OCc2ccc(C(F)(F)F)cc2)cc1. The van der Waals surface area contributed by atoms with Crippen molar-refractivity contribution < 1.29 is 37.1 Å². The highest BCUT2D eigenvalue weighted by Crippen LogP contribution is 2.29. The van der Waals surface area contributed by atoms with E-state index in [0.29, 0.717) is 74.9 Å². The molecule has 0 saturated carbocycles. The lowest BCUT2D eigenvalue weighted by molar-refractivity contribution is -0.137. The number of ether oxygens (including phenoxy) is 1. The number of unbranched alkanes of at least 4 members (excludes halogenated alkanes) is 2. The quantitative estimate of drug-likeness (QED) is 0.0627. The van der Waals surface area contributed by atoms with Crippen LogP contribution in [0.1, 0.15) is 77.9 Å². The lowest BCUT2D eigenvalue weighted by Crippen LogP contribution is -2.55. The number of benzene rings is 4. The van der Waals surface area contributed by atoms with Crippen LogP contribution in [0, 0.1) is 0 Å². The normalized spacial score (nSPS) is 14.1. The van der Waals surface area contributed by atoms with Gasteiger partial charge >= 0.3 is 6.18 Å². The number of carbonyl (C=O) groups excluding carboxylic acids is 4. The molecule has 0 unspecified atom stereocenters. The fraction of sp³-hybridized carbons (Fsp3) is 0.378. The average molecular weight is 815 g/mol. The molecule has 314 valence electrons. The van der Waals surface area contributed by atoms with E-state index in [1.165, 1.54) is 12.1 Å². The van der Waals surface area contributed by atoms with Crippen LogP contribution in [0.4, 0.5) is 13.2 Å². The average Bonchev–Trinajstić information content (AvgIpc) is 3.64. The van der Waals surface area contributed by atoms with E-state index in [-0.39, 0.29) is 31.4 Å². The van der Waals surface area contributed by atoms with Crippen LogP contribution in [0.3, 0.4) is 0 Å². The first-order valence-electron chi connectivity index (χ1n) is 20.0. The van der Waals surface area contributed by atoms with Crippen LogP contribution < -0.4 is 37.5 Å². The summed E-state index contributed by atoms with van der Waals surface area (Å²) in [5.74, 6) is -1.52. The van der Waals surface area contributed by atoms with Crippen LogP contribution in [-0.2, 0) is 51.2 Å². The van der Waals surface area contributed by atoms with Crippen LogP contribution in [0.5, 0.6) is 5.75 Å². The van der Waals surface area contributed by atoms with Crippen LogP contribution in [0.25, 0.3) is 0 Å². The summed E-state index contributed by atoms with van der Waals surface area (Å²) < 4.78 is 44.9. The lowest BCUT2D eigenvalue weighted by atomic mass is 10.0. The van der Waals surface area contributed by atoms with Gasteiger partial charge < -0.3 is 37.5 Å². The zero-order chi connectivity index (χ0) is 42.2. The molecule has 0 saturated heterocycles. The van der Waals surface area contributed by atoms with Crippen molar-refractivity contribution in [2.45, 2.75) is 94.7 Å². The molecule has 4 aromatic rings. The summed E-state index contributed by atoms with van der Waals surface area (Å²) in [4.78, 5) is 55.2. The standard InChI is InChI=1S/C45H53F3N6O5/c46-45(47,48)35-20-16-31(17-21-35)29-59-37-22-18-32(19-23-37)41(44(58)51-36-27-33-12-4-5-13-34(33)28-36)54-43(57)39(15-7-9-25-50)53-42(56)38(14-6-8-24-49)52-40(55)26-30-10-2-1-3-11-30/h1-5,10-13,16-23,36,38-39,41H,6-9,14-15,24-29,49-50H2,(H,51,58)(H,52,55)(H,53,56)(H,54,57)/t38-,39-,41-/m0/s1. The van der Waals surface area contributed by atoms with Crippen molar-refractivity contribution in [2.24, 2.45) is 11.5 Å². The van der Waals surface area contributed by atoms with Crippen LogP contribution in [0.2, 0.25) is 0 Å².